The standard InChI is InChI=1S/C15H15N3O2S/c1-9-3-5-11(6-4-9)21(19,20)14-10(2)18-15(16)12-7-8-17-13(12)14/h3-8,14,16-17H,1-2H3. The smallest absolute Gasteiger partial charge is 0.192 e. The van der Waals surface area contributed by atoms with Gasteiger partial charge in [0.2, 0.25) is 0 Å². The number of benzene rings is 1. The van der Waals surface area contributed by atoms with Crippen molar-refractivity contribution < 1.29 is 8.42 Å². The highest BCUT2D eigenvalue weighted by molar-refractivity contribution is 7.92. The van der Waals surface area contributed by atoms with Gasteiger partial charge in [0, 0.05) is 17.5 Å². The van der Waals surface area contributed by atoms with Gasteiger partial charge in [-0.15, -0.1) is 0 Å². The highest BCUT2D eigenvalue weighted by atomic mass is 32.2. The molecule has 1 atom stereocenters. The fraction of sp³-hybridized carbons (Fsp3) is 0.200. The minimum Gasteiger partial charge on any atom is -0.363 e. The molecule has 21 heavy (non-hydrogen) atoms. The van der Waals surface area contributed by atoms with Crippen LogP contribution in [0.25, 0.3) is 0 Å². The molecule has 1 aliphatic heterocycles. The van der Waals surface area contributed by atoms with Gasteiger partial charge in [0.15, 0.2) is 15.7 Å². The number of aryl methyl sites for hydroxylation is 1. The number of fused-ring (bicyclic) bond motifs is 1. The Bertz CT molecular complexity index is 845. The van der Waals surface area contributed by atoms with Crippen LogP contribution in [0, 0.1) is 12.3 Å². The lowest BCUT2D eigenvalue weighted by Gasteiger charge is -2.22. The van der Waals surface area contributed by atoms with E-state index in [1.54, 1.807) is 43.5 Å². The van der Waals surface area contributed by atoms with E-state index in [0.717, 1.165) is 5.56 Å². The highest BCUT2D eigenvalue weighted by Crippen LogP contribution is 2.34. The lowest BCUT2D eigenvalue weighted by atomic mass is 10.1. The Morgan fingerprint density at radius 1 is 1.14 bits per heavy atom. The topological polar surface area (TPSA) is 86.1 Å². The Balaban J connectivity index is 2.17. The molecular formula is C15H15N3O2S. The monoisotopic (exact) mass is 301 g/mol. The summed E-state index contributed by atoms with van der Waals surface area (Å²) in [6.07, 6.45) is 1.64. The lowest BCUT2D eigenvalue weighted by molar-refractivity contribution is 0.591. The average Bonchev–Trinajstić information content (AvgIpc) is 2.88. The van der Waals surface area contributed by atoms with Crippen molar-refractivity contribution >= 4 is 21.4 Å². The van der Waals surface area contributed by atoms with Crippen molar-refractivity contribution in [3.05, 3.63) is 53.3 Å². The van der Waals surface area contributed by atoms with Crippen LogP contribution in [-0.2, 0) is 9.84 Å². The zero-order valence-electron chi connectivity index (χ0n) is 11.7. The summed E-state index contributed by atoms with van der Waals surface area (Å²) in [5, 5.41) is 6.98. The van der Waals surface area contributed by atoms with Gasteiger partial charge in [-0.25, -0.2) is 13.4 Å². The molecule has 1 aliphatic rings. The van der Waals surface area contributed by atoms with Crippen LogP contribution in [0.3, 0.4) is 0 Å². The summed E-state index contributed by atoms with van der Waals surface area (Å²) < 4.78 is 25.8. The van der Waals surface area contributed by atoms with Crippen molar-refractivity contribution in [3.8, 4) is 0 Å². The molecule has 0 fully saturated rings. The maximum atomic E-state index is 12.9. The molecule has 0 saturated heterocycles. The minimum atomic E-state index is -3.59. The Morgan fingerprint density at radius 2 is 1.81 bits per heavy atom. The van der Waals surface area contributed by atoms with Crippen molar-refractivity contribution in [1.82, 2.24) is 4.98 Å². The first-order valence-electron chi connectivity index (χ1n) is 6.53. The van der Waals surface area contributed by atoms with Crippen LogP contribution in [0.1, 0.15) is 29.0 Å². The summed E-state index contributed by atoms with van der Waals surface area (Å²) in [7, 11) is -3.59. The molecule has 0 saturated carbocycles. The molecule has 2 aromatic rings. The molecule has 1 unspecified atom stereocenters. The number of nitrogens with one attached hydrogen (secondary N) is 2. The Morgan fingerprint density at radius 3 is 2.48 bits per heavy atom. The number of aromatic amines is 1. The Hall–Kier alpha value is -2.21. The van der Waals surface area contributed by atoms with Crippen LogP contribution >= 0.6 is 0 Å². The predicted molar refractivity (Wildman–Crippen MR) is 81.8 cm³/mol. The second-order valence-electron chi connectivity index (χ2n) is 5.14. The normalized spacial score (nSPS) is 18.3. The van der Waals surface area contributed by atoms with Crippen molar-refractivity contribution in [2.45, 2.75) is 24.0 Å². The fourth-order valence-corrected chi connectivity index (χ4v) is 4.35. The van der Waals surface area contributed by atoms with E-state index in [1.165, 1.54) is 0 Å². The number of nitrogens with zero attached hydrogens (tertiary/aromatic N) is 1. The number of rotatable bonds is 2. The number of hydrogen-bond donors (Lipinski definition) is 2. The molecule has 0 bridgehead atoms. The van der Waals surface area contributed by atoms with Crippen LogP contribution in [0.15, 0.2) is 46.4 Å². The third-order valence-electron chi connectivity index (χ3n) is 3.62. The Kier molecular flexibility index (Phi) is 3.06. The molecule has 3 rings (SSSR count). The van der Waals surface area contributed by atoms with E-state index in [-0.39, 0.29) is 10.7 Å². The van der Waals surface area contributed by atoms with Gasteiger partial charge in [-0.2, -0.15) is 0 Å². The second-order valence-corrected chi connectivity index (χ2v) is 7.18. The van der Waals surface area contributed by atoms with E-state index >= 15 is 0 Å². The Labute approximate surface area is 123 Å². The fourth-order valence-electron chi connectivity index (χ4n) is 2.55. The summed E-state index contributed by atoms with van der Waals surface area (Å²) in [5.74, 6) is 0.0964. The van der Waals surface area contributed by atoms with Crippen LogP contribution in [0.5, 0.6) is 0 Å². The van der Waals surface area contributed by atoms with Gasteiger partial charge in [-0.05, 0) is 32.0 Å². The molecule has 0 aliphatic carbocycles. The molecule has 2 heterocycles. The molecule has 0 spiro atoms. The van der Waals surface area contributed by atoms with Crippen LogP contribution < -0.4 is 0 Å². The molecule has 108 valence electrons. The molecule has 1 aromatic carbocycles. The zero-order chi connectivity index (χ0) is 15.2. The SMILES string of the molecule is CC1=NC(=N)c2cc[nH]c2C1S(=O)(=O)c1ccc(C)cc1. The summed E-state index contributed by atoms with van der Waals surface area (Å²) >= 11 is 0. The predicted octanol–water partition coefficient (Wildman–Crippen LogP) is 2.64. The largest absolute Gasteiger partial charge is 0.363 e. The first-order chi connectivity index (χ1) is 9.91. The second kappa shape index (κ2) is 4.66. The first-order valence-corrected chi connectivity index (χ1v) is 8.08. The number of sulfone groups is 1. The van der Waals surface area contributed by atoms with Crippen molar-refractivity contribution in [3.63, 3.8) is 0 Å². The number of H-pyrrole nitrogens is 1. The summed E-state index contributed by atoms with van der Waals surface area (Å²) in [4.78, 5) is 7.31. The van der Waals surface area contributed by atoms with Crippen molar-refractivity contribution in [1.29, 1.82) is 5.41 Å². The third kappa shape index (κ3) is 2.12. The average molecular weight is 301 g/mol. The van der Waals surface area contributed by atoms with E-state index in [0.29, 0.717) is 17.0 Å². The van der Waals surface area contributed by atoms with Crippen molar-refractivity contribution in [2.24, 2.45) is 4.99 Å². The quantitative estimate of drug-likeness (QED) is 0.893. The van der Waals surface area contributed by atoms with Gasteiger partial charge < -0.3 is 4.98 Å². The van der Waals surface area contributed by atoms with Gasteiger partial charge in [-0.1, -0.05) is 17.7 Å². The molecular weight excluding hydrogens is 286 g/mol. The highest BCUT2D eigenvalue weighted by Gasteiger charge is 2.37. The van der Waals surface area contributed by atoms with Crippen LogP contribution in [-0.4, -0.2) is 24.9 Å². The minimum absolute atomic E-state index is 0.0964. The molecule has 1 aromatic heterocycles. The molecule has 0 amide bonds. The molecule has 0 radical (unpaired) electrons. The van der Waals surface area contributed by atoms with Gasteiger partial charge in [0.25, 0.3) is 0 Å². The number of aliphatic imine (C=N–C) groups is 1. The van der Waals surface area contributed by atoms with Gasteiger partial charge in [0.1, 0.15) is 5.25 Å². The van der Waals surface area contributed by atoms with Crippen molar-refractivity contribution in [2.75, 3.05) is 0 Å². The van der Waals surface area contributed by atoms with E-state index in [1.807, 2.05) is 6.92 Å². The number of aromatic nitrogens is 1. The summed E-state index contributed by atoms with van der Waals surface area (Å²) in [6, 6.07) is 8.46. The first kappa shape index (κ1) is 13.8. The van der Waals surface area contributed by atoms with E-state index in [4.69, 9.17) is 5.41 Å². The van der Waals surface area contributed by atoms with Gasteiger partial charge >= 0.3 is 0 Å². The maximum absolute atomic E-state index is 12.9. The van der Waals surface area contributed by atoms with Gasteiger partial charge in [0.05, 0.1) is 10.6 Å². The number of hydrogen-bond acceptors (Lipinski definition) is 3. The van der Waals surface area contributed by atoms with E-state index in [2.05, 4.69) is 9.98 Å². The molecule has 5 nitrogen and oxygen atoms in total. The van der Waals surface area contributed by atoms with E-state index < -0.39 is 15.1 Å². The maximum Gasteiger partial charge on any atom is 0.192 e. The summed E-state index contributed by atoms with van der Waals surface area (Å²) in [5.41, 5.74) is 2.48. The lowest BCUT2D eigenvalue weighted by Crippen LogP contribution is -2.27. The van der Waals surface area contributed by atoms with Gasteiger partial charge in [-0.3, -0.25) is 5.41 Å². The summed E-state index contributed by atoms with van der Waals surface area (Å²) in [6.45, 7) is 3.56. The molecule has 2 N–H and O–H groups in total. The third-order valence-corrected chi connectivity index (χ3v) is 5.75. The van der Waals surface area contributed by atoms with Crippen LogP contribution in [0.2, 0.25) is 0 Å². The van der Waals surface area contributed by atoms with Crippen LogP contribution in [0.4, 0.5) is 0 Å². The zero-order valence-corrected chi connectivity index (χ0v) is 12.5. The molecule has 6 heteroatoms. The van der Waals surface area contributed by atoms with E-state index in [9.17, 15) is 8.42 Å². The number of amidine groups is 1.